The van der Waals surface area contributed by atoms with Crippen molar-refractivity contribution in [1.82, 2.24) is 0 Å². The van der Waals surface area contributed by atoms with Crippen LogP contribution in [0, 0.1) is 0 Å². The molecule has 0 fully saturated rings. The minimum Gasteiger partial charge on any atom is -0.505 e. The van der Waals surface area contributed by atoms with E-state index in [9.17, 15) is 5.11 Å². The van der Waals surface area contributed by atoms with E-state index in [2.05, 4.69) is 4.74 Å². The van der Waals surface area contributed by atoms with Crippen LogP contribution in [0.25, 0.3) is 0 Å². The fourth-order valence-electron chi connectivity index (χ4n) is 0.189. The summed E-state index contributed by atoms with van der Waals surface area (Å²) in [5, 5.41) is 10.1. The van der Waals surface area contributed by atoms with Gasteiger partial charge >= 0.3 is 0 Å². The summed E-state index contributed by atoms with van der Waals surface area (Å²) in [4.78, 5) is 0. The SMILES string of the molecule is CO/C=C/C(C)[O]. The molecule has 1 atom stereocenters. The zero-order valence-electron chi connectivity index (χ0n) is 4.55. The van der Waals surface area contributed by atoms with Crippen LogP contribution in [0.2, 0.25) is 0 Å². The van der Waals surface area contributed by atoms with Gasteiger partial charge in [-0.1, -0.05) is 0 Å². The molecule has 0 saturated carbocycles. The lowest BCUT2D eigenvalue weighted by atomic mass is 10.4. The van der Waals surface area contributed by atoms with Gasteiger partial charge in [0, 0.05) is 0 Å². The maximum atomic E-state index is 10.1. The van der Waals surface area contributed by atoms with Gasteiger partial charge in [0.05, 0.1) is 13.4 Å². The molecule has 2 heteroatoms. The van der Waals surface area contributed by atoms with Crippen molar-refractivity contribution in [2.45, 2.75) is 13.0 Å². The quantitative estimate of drug-likeness (QED) is 0.476. The summed E-state index contributed by atoms with van der Waals surface area (Å²) in [7, 11) is 1.51. The van der Waals surface area contributed by atoms with Gasteiger partial charge in [-0.15, -0.1) is 0 Å². The highest BCUT2D eigenvalue weighted by atomic mass is 16.5. The predicted octanol–water partition coefficient (Wildman–Crippen LogP) is 0.966. The molecule has 0 aromatic heterocycles. The van der Waals surface area contributed by atoms with E-state index >= 15 is 0 Å². The lowest BCUT2D eigenvalue weighted by Crippen LogP contribution is -1.88. The molecular formula is C5H9O2. The van der Waals surface area contributed by atoms with E-state index < -0.39 is 6.10 Å². The van der Waals surface area contributed by atoms with Crippen molar-refractivity contribution >= 4 is 0 Å². The van der Waals surface area contributed by atoms with Crippen LogP contribution in [0.1, 0.15) is 6.92 Å². The Bertz CT molecular complexity index is 57.1. The molecule has 41 valence electrons. The zero-order chi connectivity index (χ0) is 5.70. The molecule has 0 saturated heterocycles. The highest BCUT2D eigenvalue weighted by Crippen LogP contribution is 1.81. The Morgan fingerprint density at radius 3 is 2.43 bits per heavy atom. The summed E-state index contributed by atoms with van der Waals surface area (Å²) >= 11 is 0. The molecule has 0 N–H and O–H groups in total. The number of methoxy groups -OCH3 is 1. The molecule has 7 heavy (non-hydrogen) atoms. The number of hydrogen-bond donors (Lipinski definition) is 0. The fraction of sp³-hybridized carbons (Fsp3) is 0.600. The first-order chi connectivity index (χ1) is 3.27. The number of rotatable bonds is 2. The van der Waals surface area contributed by atoms with Gasteiger partial charge in [0.15, 0.2) is 0 Å². The third kappa shape index (κ3) is 5.50. The Morgan fingerprint density at radius 2 is 2.29 bits per heavy atom. The normalized spacial score (nSPS) is 14.7. The lowest BCUT2D eigenvalue weighted by Gasteiger charge is -1.87. The molecule has 0 aliphatic carbocycles. The zero-order valence-corrected chi connectivity index (χ0v) is 4.55. The average Bonchev–Trinajstić information content (AvgIpc) is 1.61. The van der Waals surface area contributed by atoms with E-state index in [1.807, 2.05) is 0 Å². The van der Waals surface area contributed by atoms with Crippen LogP contribution in [0.4, 0.5) is 0 Å². The smallest absolute Gasteiger partial charge is 0.111 e. The molecule has 0 aliphatic heterocycles. The van der Waals surface area contributed by atoms with Crippen LogP contribution >= 0.6 is 0 Å². The summed E-state index contributed by atoms with van der Waals surface area (Å²) in [6.07, 6.45) is 2.18. The van der Waals surface area contributed by atoms with Gasteiger partial charge in [0.2, 0.25) is 0 Å². The third-order valence-electron chi connectivity index (χ3n) is 0.486. The van der Waals surface area contributed by atoms with E-state index in [0.717, 1.165) is 0 Å². The van der Waals surface area contributed by atoms with Crippen molar-refractivity contribution in [2.24, 2.45) is 0 Å². The Labute approximate surface area is 43.4 Å². The Kier molecular flexibility index (Phi) is 3.42. The second-order valence-electron chi connectivity index (χ2n) is 1.27. The van der Waals surface area contributed by atoms with Crippen molar-refractivity contribution in [3.63, 3.8) is 0 Å². The van der Waals surface area contributed by atoms with Crippen molar-refractivity contribution in [3.8, 4) is 0 Å². The number of ether oxygens (including phenoxy) is 1. The molecule has 0 bridgehead atoms. The predicted molar refractivity (Wildman–Crippen MR) is 26.3 cm³/mol. The Balaban J connectivity index is 3.08. The topological polar surface area (TPSA) is 29.1 Å². The minimum absolute atomic E-state index is 0.653. The maximum absolute atomic E-state index is 10.1. The second kappa shape index (κ2) is 3.68. The van der Waals surface area contributed by atoms with Crippen molar-refractivity contribution in [3.05, 3.63) is 12.3 Å². The van der Waals surface area contributed by atoms with E-state index in [-0.39, 0.29) is 0 Å². The van der Waals surface area contributed by atoms with Gasteiger partial charge in [-0.25, -0.2) is 5.11 Å². The van der Waals surface area contributed by atoms with Crippen LogP contribution < -0.4 is 0 Å². The second-order valence-corrected chi connectivity index (χ2v) is 1.27. The maximum Gasteiger partial charge on any atom is 0.111 e. The van der Waals surface area contributed by atoms with E-state index in [1.165, 1.54) is 19.4 Å². The molecule has 0 rings (SSSR count). The van der Waals surface area contributed by atoms with Crippen molar-refractivity contribution < 1.29 is 9.84 Å². The van der Waals surface area contributed by atoms with Gasteiger partial charge in [0.25, 0.3) is 0 Å². The number of hydrogen-bond acceptors (Lipinski definition) is 1. The first-order valence-electron chi connectivity index (χ1n) is 2.12. The minimum atomic E-state index is -0.653. The lowest BCUT2D eigenvalue weighted by molar-refractivity contribution is 0.143. The highest BCUT2D eigenvalue weighted by molar-refractivity contribution is 4.78. The third-order valence-corrected chi connectivity index (χ3v) is 0.486. The first-order valence-corrected chi connectivity index (χ1v) is 2.12. The average molecular weight is 101 g/mol. The van der Waals surface area contributed by atoms with Crippen LogP contribution in [0.5, 0.6) is 0 Å². The molecule has 0 aliphatic rings. The van der Waals surface area contributed by atoms with Crippen LogP contribution in [0.3, 0.4) is 0 Å². The van der Waals surface area contributed by atoms with E-state index in [0.29, 0.717) is 0 Å². The standard InChI is InChI=1S/C5H9O2/c1-5(6)3-4-7-2/h3-5H,1-2H3/b4-3+. The van der Waals surface area contributed by atoms with E-state index in [1.54, 1.807) is 6.92 Å². The molecule has 0 amide bonds. The molecule has 1 unspecified atom stereocenters. The molecule has 0 spiro atoms. The molecule has 0 aromatic carbocycles. The summed E-state index contributed by atoms with van der Waals surface area (Å²) in [6, 6.07) is 0. The molecule has 1 radical (unpaired) electrons. The van der Waals surface area contributed by atoms with Crippen LogP contribution in [-0.4, -0.2) is 13.2 Å². The molecule has 0 heterocycles. The summed E-state index contributed by atoms with van der Waals surface area (Å²) in [5.74, 6) is 0. The molecule has 2 nitrogen and oxygen atoms in total. The van der Waals surface area contributed by atoms with Crippen LogP contribution in [0.15, 0.2) is 12.3 Å². The molecular weight excluding hydrogens is 92.1 g/mol. The Morgan fingerprint density at radius 1 is 1.71 bits per heavy atom. The first kappa shape index (κ1) is 6.50. The van der Waals surface area contributed by atoms with Gasteiger partial charge in [-0.05, 0) is 13.0 Å². The van der Waals surface area contributed by atoms with Gasteiger partial charge in [0.1, 0.15) is 6.10 Å². The summed E-state index contributed by atoms with van der Waals surface area (Å²) < 4.78 is 4.47. The van der Waals surface area contributed by atoms with Gasteiger partial charge in [-0.3, -0.25) is 0 Å². The molecule has 0 aromatic rings. The summed E-state index contributed by atoms with van der Waals surface area (Å²) in [5.41, 5.74) is 0. The van der Waals surface area contributed by atoms with Crippen molar-refractivity contribution in [2.75, 3.05) is 7.11 Å². The highest BCUT2D eigenvalue weighted by Gasteiger charge is 1.84. The largest absolute Gasteiger partial charge is 0.505 e. The monoisotopic (exact) mass is 101 g/mol. The van der Waals surface area contributed by atoms with Crippen molar-refractivity contribution in [1.29, 1.82) is 0 Å². The van der Waals surface area contributed by atoms with Crippen LogP contribution in [-0.2, 0) is 9.84 Å². The van der Waals surface area contributed by atoms with E-state index in [4.69, 9.17) is 0 Å². The fourth-order valence-corrected chi connectivity index (χ4v) is 0.189. The van der Waals surface area contributed by atoms with Gasteiger partial charge in [-0.2, -0.15) is 0 Å². The Hall–Kier alpha value is -0.500. The summed E-state index contributed by atoms with van der Waals surface area (Å²) in [6.45, 7) is 1.55. The van der Waals surface area contributed by atoms with Gasteiger partial charge < -0.3 is 4.74 Å².